The quantitative estimate of drug-likeness (QED) is 0.703. The zero-order valence-corrected chi connectivity index (χ0v) is 8.62. The first-order chi connectivity index (χ1) is 7.40. The van der Waals surface area contributed by atoms with Crippen molar-refractivity contribution in [3.8, 4) is 11.8 Å². The molecular weight excluding hydrogens is 184 g/mol. The van der Waals surface area contributed by atoms with Crippen molar-refractivity contribution in [1.29, 1.82) is 0 Å². The molecule has 1 aromatic heterocycles. The molecule has 2 heteroatoms. The number of aromatic nitrogens is 1. The van der Waals surface area contributed by atoms with E-state index in [0.29, 0.717) is 6.54 Å². The van der Waals surface area contributed by atoms with Crippen LogP contribution in [0.3, 0.4) is 0 Å². The normalized spacial score (nSPS) is 9.67. The molecule has 15 heavy (non-hydrogen) atoms. The second-order valence-corrected chi connectivity index (χ2v) is 3.25. The van der Waals surface area contributed by atoms with Gasteiger partial charge in [-0.1, -0.05) is 30.0 Å². The Morgan fingerprint density at radius 1 is 1.33 bits per heavy atom. The Balaban J connectivity index is 2.36. The number of nitrogens with zero attached hydrogens (tertiary/aromatic N) is 1. The average molecular weight is 196 g/mol. The van der Waals surface area contributed by atoms with Gasteiger partial charge in [-0.15, -0.1) is 0 Å². The molecule has 2 nitrogen and oxygen atoms in total. The monoisotopic (exact) mass is 196 g/mol. The molecule has 1 heterocycles. The molecule has 0 fully saturated rings. The van der Waals surface area contributed by atoms with Crippen molar-refractivity contribution in [2.75, 3.05) is 13.6 Å². The van der Waals surface area contributed by atoms with Crippen LogP contribution in [0.1, 0.15) is 5.56 Å². The van der Waals surface area contributed by atoms with Crippen molar-refractivity contribution in [3.63, 3.8) is 0 Å². The van der Waals surface area contributed by atoms with Gasteiger partial charge in [0, 0.05) is 17.1 Å². The molecule has 0 amide bonds. The lowest BCUT2D eigenvalue weighted by Gasteiger charge is -1.96. The SMILES string of the molecule is CNCC#Cc1cnc2ccccc2c1. The molecule has 0 spiro atoms. The van der Waals surface area contributed by atoms with Crippen LogP contribution in [-0.2, 0) is 0 Å². The summed E-state index contributed by atoms with van der Waals surface area (Å²) in [6.45, 7) is 0.701. The van der Waals surface area contributed by atoms with Crippen LogP contribution in [0.15, 0.2) is 36.5 Å². The van der Waals surface area contributed by atoms with Gasteiger partial charge in [-0.2, -0.15) is 0 Å². The van der Waals surface area contributed by atoms with E-state index in [1.54, 1.807) is 0 Å². The molecule has 0 atom stereocenters. The molecule has 0 bridgehead atoms. The Kier molecular flexibility index (Phi) is 2.96. The molecule has 0 saturated heterocycles. The molecule has 0 unspecified atom stereocenters. The fourth-order valence-corrected chi connectivity index (χ4v) is 1.37. The maximum atomic E-state index is 4.34. The van der Waals surface area contributed by atoms with Crippen molar-refractivity contribution in [2.24, 2.45) is 0 Å². The number of hydrogen-bond donors (Lipinski definition) is 1. The van der Waals surface area contributed by atoms with E-state index in [2.05, 4.69) is 28.2 Å². The molecule has 1 N–H and O–H groups in total. The van der Waals surface area contributed by atoms with Crippen LogP contribution >= 0.6 is 0 Å². The fraction of sp³-hybridized carbons (Fsp3) is 0.154. The zero-order valence-electron chi connectivity index (χ0n) is 8.62. The predicted octanol–water partition coefficient (Wildman–Crippen LogP) is 1.81. The molecule has 74 valence electrons. The minimum atomic E-state index is 0.701. The summed E-state index contributed by atoms with van der Waals surface area (Å²) in [5, 5.41) is 4.11. The Bertz CT molecular complexity index is 521. The second-order valence-electron chi connectivity index (χ2n) is 3.25. The molecule has 2 rings (SSSR count). The third-order valence-electron chi connectivity index (χ3n) is 2.09. The molecule has 0 aliphatic heterocycles. The minimum Gasteiger partial charge on any atom is -0.309 e. The number of benzene rings is 1. The number of hydrogen-bond acceptors (Lipinski definition) is 2. The van der Waals surface area contributed by atoms with Crippen LogP contribution in [0.2, 0.25) is 0 Å². The van der Waals surface area contributed by atoms with Gasteiger partial charge in [-0.05, 0) is 19.2 Å². The Labute approximate surface area is 89.3 Å². The maximum Gasteiger partial charge on any atom is 0.0702 e. The standard InChI is InChI=1S/C13H12N2/c1-14-8-4-5-11-9-12-6-2-3-7-13(12)15-10-11/h2-3,6-7,9-10,14H,8H2,1H3. The highest BCUT2D eigenvalue weighted by molar-refractivity contribution is 5.79. The van der Waals surface area contributed by atoms with Gasteiger partial charge in [0.15, 0.2) is 0 Å². The summed E-state index contributed by atoms with van der Waals surface area (Å²) in [5.74, 6) is 6.08. The number of rotatable bonds is 1. The van der Waals surface area contributed by atoms with E-state index in [4.69, 9.17) is 0 Å². The largest absolute Gasteiger partial charge is 0.309 e. The Morgan fingerprint density at radius 3 is 3.07 bits per heavy atom. The van der Waals surface area contributed by atoms with Crippen LogP contribution in [0.4, 0.5) is 0 Å². The summed E-state index contributed by atoms with van der Waals surface area (Å²) in [7, 11) is 1.88. The fourth-order valence-electron chi connectivity index (χ4n) is 1.37. The van der Waals surface area contributed by atoms with Crippen LogP contribution in [0.25, 0.3) is 10.9 Å². The van der Waals surface area contributed by atoms with E-state index in [0.717, 1.165) is 16.5 Å². The number of para-hydroxylation sites is 1. The van der Waals surface area contributed by atoms with E-state index < -0.39 is 0 Å². The Morgan fingerprint density at radius 2 is 2.20 bits per heavy atom. The van der Waals surface area contributed by atoms with E-state index in [-0.39, 0.29) is 0 Å². The first-order valence-corrected chi connectivity index (χ1v) is 4.88. The number of nitrogens with one attached hydrogen (secondary N) is 1. The summed E-state index contributed by atoms with van der Waals surface area (Å²) in [6.07, 6.45) is 1.81. The van der Waals surface area contributed by atoms with Crippen molar-refractivity contribution in [2.45, 2.75) is 0 Å². The second kappa shape index (κ2) is 4.59. The summed E-state index contributed by atoms with van der Waals surface area (Å²) < 4.78 is 0. The molecule has 2 aromatic rings. The molecule has 0 radical (unpaired) electrons. The van der Waals surface area contributed by atoms with Gasteiger partial charge in [-0.25, -0.2) is 0 Å². The summed E-state index contributed by atoms with van der Waals surface area (Å²) >= 11 is 0. The van der Waals surface area contributed by atoms with Crippen molar-refractivity contribution in [1.82, 2.24) is 10.3 Å². The third-order valence-corrected chi connectivity index (χ3v) is 2.09. The molecule has 0 saturated carbocycles. The molecule has 0 aliphatic rings. The Hall–Kier alpha value is -1.85. The highest BCUT2D eigenvalue weighted by atomic mass is 14.8. The summed E-state index contributed by atoms with van der Waals surface area (Å²) in [4.78, 5) is 4.34. The van der Waals surface area contributed by atoms with Crippen LogP contribution in [-0.4, -0.2) is 18.6 Å². The van der Waals surface area contributed by atoms with E-state index in [1.165, 1.54) is 0 Å². The van der Waals surface area contributed by atoms with Gasteiger partial charge in [0.05, 0.1) is 12.1 Å². The van der Waals surface area contributed by atoms with Gasteiger partial charge < -0.3 is 5.32 Å². The maximum absolute atomic E-state index is 4.34. The smallest absolute Gasteiger partial charge is 0.0702 e. The van der Waals surface area contributed by atoms with Crippen molar-refractivity contribution >= 4 is 10.9 Å². The van der Waals surface area contributed by atoms with Crippen LogP contribution in [0, 0.1) is 11.8 Å². The molecular formula is C13H12N2. The van der Waals surface area contributed by atoms with Gasteiger partial charge in [-0.3, -0.25) is 4.98 Å². The lowest BCUT2D eigenvalue weighted by Crippen LogP contribution is -2.04. The molecule has 1 aromatic carbocycles. The van der Waals surface area contributed by atoms with Crippen molar-refractivity contribution < 1.29 is 0 Å². The first-order valence-electron chi connectivity index (χ1n) is 4.88. The average Bonchev–Trinajstić information content (AvgIpc) is 2.29. The highest BCUT2D eigenvalue weighted by Gasteiger charge is 1.93. The van der Waals surface area contributed by atoms with E-state index in [1.807, 2.05) is 37.5 Å². The van der Waals surface area contributed by atoms with Gasteiger partial charge >= 0.3 is 0 Å². The van der Waals surface area contributed by atoms with E-state index >= 15 is 0 Å². The first kappa shape index (κ1) is 9.70. The number of pyridine rings is 1. The predicted molar refractivity (Wildman–Crippen MR) is 62.5 cm³/mol. The lowest BCUT2D eigenvalue weighted by atomic mass is 10.2. The van der Waals surface area contributed by atoms with Gasteiger partial charge in [0.25, 0.3) is 0 Å². The minimum absolute atomic E-state index is 0.701. The topological polar surface area (TPSA) is 24.9 Å². The van der Waals surface area contributed by atoms with Gasteiger partial charge in [0.1, 0.15) is 0 Å². The third kappa shape index (κ3) is 2.34. The number of fused-ring (bicyclic) bond motifs is 1. The van der Waals surface area contributed by atoms with E-state index in [9.17, 15) is 0 Å². The van der Waals surface area contributed by atoms with Crippen LogP contribution in [0.5, 0.6) is 0 Å². The molecule has 0 aliphatic carbocycles. The lowest BCUT2D eigenvalue weighted by molar-refractivity contribution is 0.938. The van der Waals surface area contributed by atoms with Crippen LogP contribution < -0.4 is 5.32 Å². The zero-order chi connectivity index (χ0) is 10.5. The summed E-state index contributed by atoms with van der Waals surface area (Å²) in [5.41, 5.74) is 1.97. The highest BCUT2D eigenvalue weighted by Crippen LogP contribution is 2.11. The summed E-state index contributed by atoms with van der Waals surface area (Å²) in [6, 6.07) is 10.1. The van der Waals surface area contributed by atoms with Crippen molar-refractivity contribution in [3.05, 3.63) is 42.1 Å². The van der Waals surface area contributed by atoms with Gasteiger partial charge in [0.2, 0.25) is 0 Å².